The lowest BCUT2D eigenvalue weighted by molar-refractivity contribution is -0.136. The van der Waals surface area contributed by atoms with Gasteiger partial charge in [-0.3, -0.25) is 14.9 Å². The maximum Gasteiger partial charge on any atom is 0.309 e. The van der Waals surface area contributed by atoms with Crippen LogP contribution in [0.3, 0.4) is 0 Å². The van der Waals surface area contributed by atoms with Crippen molar-refractivity contribution >= 4 is 39.1 Å². The first-order valence-corrected chi connectivity index (χ1v) is 8.87. The van der Waals surface area contributed by atoms with E-state index in [-0.39, 0.29) is 12.3 Å². The SMILES string of the molecule is CC(C)(Oc1ccc2ccccc2c1)C(=O)Nc1nc(CC(=O)O)cs1. The Bertz CT molecular complexity index is 965. The van der Waals surface area contributed by atoms with Gasteiger partial charge < -0.3 is 9.84 Å². The number of anilines is 1. The fraction of sp³-hybridized carbons (Fsp3) is 0.211. The molecule has 2 aromatic carbocycles. The van der Waals surface area contributed by atoms with Crippen LogP contribution in [0.1, 0.15) is 19.5 Å². The predicted octanol–water partition coefficient (Wildman–Crippen LogP) is 3.72. The fourth-order valence-electron chi connectivity index (χ4n) is 2.42. The average molecular weight is 370 g/mol. The highest BCUT2D eigenvalue weighted by Gasteiger charge is 2.30. The molecule has 1 amide bonds. The third kappa shape index (κ3) is 4.18. The number of carbonyl (C=O) groups excluding carboxylic acids is 1. The number of thiazole rings is 1. The second-order valence-electron chi connectivity index (χ2n) is 6.29. The molecule has 0 fully saturated rings. The largest absolute Gasteiger partial charge is 0.481 e. The van der Waals surface area contributed by atoms with Crippen LogP contribution in [0.2, 0.25) is 0 Å². The Morgan fingerprint density at radius 1 is 1.19 bits per heavy atom. The zero-order valence-corrected chi connectivity index (χ0v) is 15.2. The van der Waals surface area contributed by atoms with Gasteiger partial charge in [0.25, 0.3) is 5.91 Å². The molecule has 0 aliphatic heterocycles. The van der Waals surface area contributed by atoms with Crippen LogP contribution in [0.5, 0.6) is 5.75 Å². The third-order valence-electron chi connectivity index (χ3n) is 3.75. The van der Waals surface area contributed by atoms with Crippen molar-refractivity contribution in [3.63, 3.8) is 0 Å². The molecule has 0 bridgehead atoms. The molecule has 26 heavy (non-hydrogen) atoms. The van der Waals surface area contributed by atoms with E-state index in [2.05, 4.69) is 10.3 Å². The Labute approximate surface area is 154 Å². The molecule has 0 saturated heterocycles. The van der Waals surface area contributed by atoms with Crippen LogP contribution < -0.4 is 10.1 Å². The van der Waals surface area contributed by atoms with Crippen molar-refractivity contribution < 1.29 is 19.4 Å². The number of carboxylic acids is 1. The summed E-state index contributed by atoms with van der Waals surface area (Å²) < 4.78 is 5.89. The molecule has 0 aliphatic rings. The second kappa shape index (κ2) is 7.13. The van der Waals surface area contributed by atoms with Crippen molar-refractivity contribution in [3.05, 3.63) is 53.5 Å². The van der Waals surface area contributed by atoms with Gasteiger partial charge in [0, 0.05) is 5.38 Å². The van der Waals surface area contributed by atoms with Gasteiger partial charge in [0.05, 0.1) is 12.1 Å². The van der Waals surface area contributed by atoms with Gasteiger partial charge in [-0.05, 0) is 36.8 Å². The number of nitrogens with zero attached hydrogens (tertiary/aromatic N) is 1. The molecule has 3 aromatic rings. The Kier molecular flexibility index (Phi) is 4.90. The van der Waals surface area contributed by atoms with E-state index in [9.17, 15) is 9.59 Å². The highest BCUT2D eigenvalue weighted by Crippen LogP contribution is 2.25. The highest BCUT2D eigenvalue weighted by molar-refractivity contribution is 7.13. The second-order valence-corrected chi connectivity index (χ2v) is 7.15. The fourth-order valence-corrected chi connectivity index (χ4v) is 3.13. The first kappa shape index (κ1) is 17.9. The number of aromatic nitrogens is 1. The monoisotopic (exact) mass is 370 g/mol. The minimum Gasteiger partial charge on any atom is -0.481 e. The van der Waals surface area contributed by atoms with Crippen LogP contribution in [-0.2, 0) is 16.0 Å². The molecule has 0 atom stereocenters. The van der Waals surface area contributed by atoms with Crippen molar-refractivity contribution in [2.75, 3.05) is 5.32 Å². The first-order valence-electron chi connectivity index (χ1n) is 7.99. The van der Waals surface area contributed by atoms with Crippen molar-refractivity contribution in [3.8, 4) is 5.75 Å². The van der Waals surface area contributed by atoms with E-state index < -0.39 is 11.6 Å². The van der Waals surface area contributed by atoms with Gasteiger partial charge in [-0.2, -0.15) is 0 Å². The van der Waals surface area contributed by atoms with E-state index >= 15 is 0 Å². The lowest BCUT2D eigenvalue weighted by Gasteiger charge is -2.25. The summed E-state index contributed by atoms with van der Waals surface area (Å²) in [6, 6.07) is 13.6. The number of rotatable bonds is 6. The summed E-state index contributed by atoms with van der Waals surface area (Å²) in [7, 11) is 0. The maximum atomic E-state index is 12.5. The molecule has 7 heteroatoms. The molecule has 0 unspecified atom stereocenters. The lowest BCUT2D eigenvalue weighted by atomic mass is 10.1. The molecule has 134 valence electrons. The van der Waals surface area contributed by atoms with Gasteiger partial charge in [0.15, 0.2) is 10.7 Å². The molecular formula is C19H18N2O4S. The summed E-state index contributed by atoms with van der Waals surface area (Å²) in [5.74, 6) is -0.732. The van der Waals surface area contributed by atoms with Gasteiger partial charge in [0.1, 0.15) is 5.75 Å². The van der Waals surface area contributed by atoms with Crippen LogP contribution in [0.25, 0.3) is 10.8 Å². The van der Waals surface area contributed by atoms with Gasteiger partial charge >= 0.3 is 5.97 Å². The highest BCUT2D eigenvalue weighted by atomic mass is 32.1. The van der Waals surface area contributed by atoms with E-state index in [1.165, 1.54) is 11.3 Å². The topological polar surface area (TPSA) is 88.5 Å². The summed E-state index contributed by atoms with van der Waals surface area (Å²) in [5, 5.41) is 15.5. The molecule has 0 radical (unpaired) electrons. The minimum absolute atomic E-state index is 0.177. The summed E-state index contributed by atoms with van der Waals surface area (Å²) >= 11 is 1.18. The Morgan fingerprint density at radius 2 is 1.92 bits per heavy atom. The van der Waals surface area contributed by atoms with Crippen molar-refractivity contribution in [2.45, 2.75) is 25.9 Å². The van der Waals surface area contributed by atoms with E-state index in [0.717, 1.165) is 10.8 Å². The van der Waals surface area contributed by atoms with Crippen molar-refractivity contribution in [1.29, 1.82) is 0 Å². The van der Waals surface area contributed by atoms with E-state index in [1.807, 2.05) is 42.5 Å². The molecule has 0 saturated carbocycles. The number of hydrogen-bond donors (Lipinski definition) is 2. The number of amides is 1. The molecular weight excluding hydrogens is 352 g/mol. The van der Waals surface area contributed by atoms with Gasteiger partial charge in [-0.15, -0.1) is 11.3 Å². The van der Waals surface area contributed by atoms with Crippen molar-refractivity contribution in [2.24, 2.45) is 0 Å². The summed E-state index contributed by atoms with van der Waals surface area (Å²) in [5.41, 5.74) is -0.716. The van der Waals surface area contributed by atoms with Crippen LogP contribution in [0, 0.1) is 0 Å². The quantitative estimate of drug-likeness (QED) is 0.690. The molecule has 2 N–H and O–H groups in total. The molecule has 1 heterocycles. The number of nitrogens with one attached hydrogen (secondary N) is 1. The number of carboxylic acid groups (broad SMARTS) is 1. The standard InChI is InChI=1S/C19H18N2O4S/c1-19(2,17(24)21-18-20-14(11-26-18)10-16(22)23)25-15-8-7-12-5-3-4-6-13(12)9-15/h3-9,11H,10H2,1-2H3,(H,22,23)(H,20,21,24). The van der Waals surface area contributed by atoms with E-state index in [4.69, 9.17) is 9.84 Å². The first-order chi connectivity index (χ1) is 12.3. The minimum atomic E-state index is -1.12. The number of hydrogen-bond acceptors (Lipinski definition) is 5. The third-order valence-corrected chi connectivity index (χ3v) is 4.55. The Hall–Kier alpha value is -2.93. The van der Waals surface area contributed by atoms with E-state index in [1.54, 1.807) is 19.2 Å². The average Bonchev–Trinajstić information content (AvgIpc) is 3.00. The number of ether oxygens (including phenoxy) is 1. The van der Waals surface area contributed by atoms with Crippen LogP contribution in [-0.4, -0.2) is 27.6 Å². The summed E-state index contributed by atoms with van der Waals surface area (Å²) in [4.78, 5) is 27.4. The smallest absolute Gasteiger partial charge is 0.309 e. The van der Waals surface area contributed by atoms with Gasteiger partial charge in [-0.1, -0.05) is 30.3 Å². The molecule has 0 aliphatic carbocycles. The van der Waals surface area contributed by atoms with E-state index in [0.29, 0.717) is 16.6 Å². The number of carbonyl (C=O) groups is 2. The van der Waals surface area contributed by atoms with Crippen LogP contribution in [0.4, 0.5) is 5.13 Å². The van der Waals surface area contributed by atoms with Crippen LogP contribution in [0.15, 0.2) is 47.8 Å². The normalized spacial score (nSPS) is 11.3. The summed E-state index contributed by atoms with van der Waals surface area (Å²) in [6.45, 7) is 3.34. The zero-order chi connectivity index (χ0) is 18.7. The maximum absolute atomic E-state index is 12.5. The Balaban J connectivity index is 1.70. The number of fused-ring (bicyclic) bond motifs is 1. The summed E-state index contributed by atoms with van der Waals surface area (Å²) in [6.07, 6.45) is -0.177. The van der Waals surface area contributed by atoms with Gasteiger partial charge in [0.2, 0.25) is 0 Å². The number of benzene rings is 2. The van der Waals surface area contributed by atoms with Gasteiger partial charge in [-0.25, -0.2) is 4.98 Å². The zero-order valence-electron chi connectivity index (χ0n) is 14.4. The molecule has 6 nitrogen and oxygen atoms in total. The predicted molar refractivity (Wildman–Crippen MR) is 101 cm³/mol. The Morgan fingerprint density at radius 3 is 2.65 bits per heavy atom. The molecule has 1 aromatic heterocycles. The number of aliphatic carboxylic acids is 1. The lowest BCUT2D eigenvalue weighted by Crippen LogP contribution is -2.42. The van der Waals surface area contributed by atoms with Crippen LogP contribution >= 0.6 is 11.3 Å². The van der Waals surface area contributed by atoms with Crippen molar-refractivity contribution in [1.82, 2.24) is 4.98 Å². The molecule has 3 rings (SSSR count). The molecule has 0 spiro atoms.